The molecule has 0 fully saturated rings. The lowest BCUT2D eigenvalue weighted by Crippen LogP contribution is -2.12. The molecular formula is C19H20N4O5S. The van der Waals surface area contributed by atoms with Gasteiger partial charge in [-0.2, -0.15) is 4.98 Å². The maximum atomic E-state index is 12.1. The predicted octanol–water partition coefficient (Wildman–Crippen LogP) is 3.34. The molecule has 2 aromatic heterocycles. The van der Waals surface area contributed by atoms with Crippen LogP contribution >= 0.6 is 11.3 Å². The molecule has 0 saturated carbocycles. The van der Waals surface area contributed by atoms with Crippen LogP contribution in [0.5, 0.6) is 5.75 Å². The van der Waals surface area contributed by atoms with E-state index in [2.05, 4.69) is 20.4 Å². The fourth-order valence-corrected chi connectivity index (χ4v) is 3.12. The Kier molecular flexibility index (Phi) is 6.90. The SMILES string of the molecule is CCOC(=O)c1csc(NC(=O)CCCc2nc(-c3ccc(OC)cc3)no2)n1. The Balaban J connectivity index is 1.46. The van der Waals surface area contributed by atoms with Gasteiger partial charge in [-0.25, -0.2) is 9.78 Å². The highest BCUT2D eigenvalue weighted by molar-refractivity contribution is 7.14. The van der Waals surface area contributed by atoms with Crippen LogP contribution in [0.3, 0.4) is 0 Å². The first-order valence-corrected chi connectivity index (χ1v) is 9.86. The second-order valence-electron chi connectivity index (χ2n) is 5.90. The van der Waals surface area contributed by atoms with Gasteiger partial charge in [0.25, 0.3) is 0 Å². The van der Waals surface area contributed by atoms with Gasteiger partial charge in [0.2, 0.25) is 17.6 Å². The molecule has 0 aliphatic carbocycles. The van der Waals surface area contributed by atoms with Crippen LogP contribution in [0.4, 0.5) is 5.13 Å². The van der Waals surface area contributed by atoms with E-state index in [4.69, 9.17) is 14.0 Å². The highest BCUT2D eigenvalue weighted by atomic mass is 32.1. The third-order valence-corrected chi connectivity index (χ3v) is 4.60. The smallest absolute Gasteiger partial charge is 0.357 e. The molecule has 1 aromatic carbocycles. The molecule has 0 aliphatic heterocycles. The van der Waals surface area contributed by atoms with Gasteiger partial charge >= 0.3 is 5.97 Å². The first-order valence-electron chi connectivity index (χ1n) is 8.98. The van der Waals surface area contributed by atoms with Gasteiger partial charge < -0.3 is 19.3 Å². The van der Waals surface area contributed by atoms with E-state index in [1.165, 1.54) is 11.3 Å². The van der Waals surface area contributed by atoms with E-state index >= 15 is 0 Å². The Morgan fingerprint density at radius 1 is 1.21 bits per heavy atom. The van der Waals surface area contributed by atoms with E-state index in [1.54, 1.807) is 19.4 Å². The van der Waals surface area contributed by atoms with Crippen LogP contribution in [-0.2, 0) is 16.0 Å². The van der Waals surface area contributed by atoms with Crippen molar-refractivity contribution in [2.24, 2.45) is 0 Å². The van der Waals surface area contributed by atoms with Gasteiger partial charge in [0.05, 0.1) is 13.7 Å². The topological polar surface area (TPSA) is 116 Å². The second kappa shape index (κ2) is 9.78. The average Bonchev–Trinajstić information content (AvgIpc) is 3.38. The van der Waals surface area contributed by atoms with E-state index in [1.807, 2.05) is 24.3 Å². The highest BCUT2D eigenvalue weighted by Crippen LogP contribution is 2.20. The number of aromatic nitrogens is 3. The molecule has 0 saturated heterocycles. The van der Waals surface area contributed by atoms with Gasteiger partial charge in [-0.15, -0.1) is 11.3 Å². The molecule has 0 atom stereocenters. The Morgan fingerprint density at radius 2 is 2.00 bits per heavy atom. The molecule has 0 unspecified atom stereocenters. The number of benzene rings is 1. The van der Waals surface area contributed by atoms with Crippen molar-refractivity contribution < 1.29 is 23.6 Å². The van der Waals surface area contributed by atoms with E-state index < -0.39 is 5.97 Å². The molecule has 3 rings (SSSR count). The molecular weight excluding hydrogens is 396 g/mol. The van der Waals surface area contributed by atoms with Crippen LogP contribution in [0.15, 0.2) is 34.2 Å². The summed E-state index contributed by atoms with van der Waals surface area (Å²) in [4.78, 5) is 32.0. The van der Waals surface area contributed by atoms with Crippen molar-refractivity contribution in [1.29, 1.82) is 0 Å². The first-order chi connectivity index (χ1) is 14.1. The molecule has 0 bridgehead atoms. The van der Waals surface area contributed by atoms with E-state index in [0.717, 1.165) is 11.3 Å². The quantitative estimate of drug-likeness (QED) is 0.528. The molecule has 10 heteroatoms. The fourth-order valence-electron chi connectivity index (χ4n) is 2.43. The molecule has 3 aromatic rings. The summed E-state index contributed by atoms with van der Waals surface area (Å²) >= 11 is 1.17. The predicted molar refractivity (Wildman–Crippen MR) is 106 cm³/mol. The molecule has 2 heterocycles. The zero-order valence-electron chi connectivity index (χ0n) is 16.0. The zero-order valence-corrected chi connectivity index (χ0v) is 16.8. The summed E-state index contributed by atoms with van der Waals surface area (Å²) in [6.07, 6.45) is 1.27. The van der Waals surface area contributed by atoms with Gasteiger partial charge in [-0.1, -0.05) is 5.16 Å². The Bertz CT molecular complexity index is 967. The van der Waals surface area contributed by atoms with Crippen LogP contribution < -0.4 is 10.1 Å². The van der Waals surface area contributed by atoms with Crippen molar-refractivity contribution in [1.82, 2.24) is 15.1 Å². The Morgan fingerprint density at radius 3 is 2.72 bits per heavy atom. The number of amides is 1. The number of esters is 1. The van der Waals surface area contributed by atoms with Gasteiger partial charge in [0, 0.05) is 23.8 Å². The van der Waals surface area contributed by atoms with Crippen molar-refractivity contribution >= 4 is 28.3 Å². The summed E-state index contributed by atoms with van der Waals surface area (Å²) < 4.78 is 15.2. The number of methoxy groups -OCH3 is 1. The number of nitrogens with zero attached hydrogens (tertiary/aromatic N) is 3. The molecule has 1 amide bonds. The summed E-state index contributed by atoms with van der Waals surface area (Å²) in [5, 5.41) is 8.54. The highest BCUT2D eigenvalue weighted by Gasteiger charge is 2.14. The number of carbonyl (C=O) groups is 2. The number of hydrogen-bond donors (Lipinski definition) is 1. The van der Waals surface area contributed by atoms with Crippen LogP contribution in [0.25, 0.3) is 11.4 Å². The van der Waals surface area contributed by atoms with Crippen LogP contribution in [0.1, 0.15) is 36.1 Å². The zero-order chi connectivity index (χ0) is 20.6. The Hall–Kier alpha value is -3.27. The summed E-state index contributed by atoms with van der Waals surface area (Å²) in [5.41, 5.74) is 1.00. The molecule has 0 aliphatic rings. The van der Waals surface area contributed by atoms with E-state index in [9.17, 15) is 9.59 Å². The molecule has 9 nitrogen and oxygen atoms in total. The first kappa shape index (κ1) is 20.5. The van der Waals surface area contributed by atoms with Gasteiger partial charge in [-0.3, -0.25) is 4.79 Å². The van der Waals surface area contributed by atoms with E-state index in [0.29, 0.717) is 29.7 Å². The maximum absolute atomic E-state index is 12.1. The molecule has 152 valence electrons. The minimum atomic E-state index is -0.506. The number of ether oxygens (including phenoxy) is 2. The van der Waals surface area contributed by atoms with E-state index in [-0.39, 0.29) is 24.6 Å². The van der Waals surface area contributed by atoms with Crippen molar-refractivity contribution in [3.63, 3.8) is 0 Å². The maximum Gasteiger partial charge on any atom is 0.357 e. The number of thiazole rings is 1. The normalized spacial score (nSPS) is 10.6. The molecule has 0 radical (unpaired) electrons. The summed E-state index contributed by atoms with van der Waals surface area (Å²) in [7, 11) is 1.60. The monoisotopic (exact) mass is 416 g/mol. The van der Waals surface area contributed by atoms with Crippen molar-refractivity contribution in [3.05, 3.63) is 41.2 Å². The summed E-state index contributed by atoms with van der Waals surface area (Å²) in [6.45, 7) is 1.99. The van der Waals surface area contributed by atoms with Crippen LogP contribution in [-0.4, -0.2) is 40.7 Å². The number of nitrogens with one attached hydrogen (secondary N) is 1. The van der Waals surface area contributed by atoms with Crippen molar-refractivity contribution in [3.8, 4) is 17.1 Å². The number of aryl methyl sites for hydroxylation is 1. The number of hydrogen-bond acceptors (Lipinski definition) is 9. The van der Waals surface area contributed by atoms with Crippen molar-refractivity contribution in [2.45, 2.75) is 26.2 Å². The average molecular weight is 416 g/mol. The number of anilines is 1. The van der Waals surface area contributed by atoms with Gasteiger partial charge in [0.1, 0.15) is 5.75 Å². The number of rotatable bonds is 9. The Labute approximate surface area is 171 Å². The standard InChI is InChI=1S/C19H20N4O5S/c1-3-27-18(25)14-11-29-19(20-14)21-15(24)5-4-6-16-22-17(23-28-16)12-7-9-13(26-2)10-8-12/h7-11H,3-6H2,1-2H3,(H,20,21,24). The lowest BCUT2D eigenvalue weighted by atomic mass is 10.2. The third-order valence-electron chi connectivity index (χ3n) is 3.85. The fraction of sp³-hybridized carbons (Fsp3) is 0.316. The largest absolute Gasteiger partial charge is 0.497 e. The molecule has 1 N–H and O–H groups in total. The molecule has 29 heavy (non-hydrogen) atoms. The summed E-state index contributed by atoms with van der Waals surface area (Å²) in [5.74, 6) is 0.986. The van der Waals surface area contributed by atoms with Crippen molar-refractivity contribution in [2.75, 3.05) is 19.0 Å². The lowest BCUT2D eigenvalue weighted by Gasteiger charge is -2.00. The van der Waals surface area contributed by atoms with Gasteiger partial charge in [-0.05, 0) is 37.6 Å². The second-order valence-corrected chi connectivity index (χ2v) is 6.76. The minimum absolute atomic E-state index is 0.184. The lowest BCUT2D eigenvalue weighted by molar-refractivity contribution is -0.116. The molecule has 0 spiro atoms. The third kappa shape index (κ3) is 5.61. The van der Waals surface area contributed by atoms with Gasteiger partial charge in [0.15, 0.2) is 10.8 Å². The minimum Gasteiger partial charge on any atom is -0.497 e. The number of carbonyl (C=O) groups excluding carboxylic acids is 2. The van der Waals surface area contributed by atoms with Crippen LogP contribution in [0.2, 0.25) is 0 Å². The van der Waals surface area contributed by atoms with Crippen LogP contribution in [0, 0.1) is 0 Å². The summed E-state index contributed by atoms with van der Waals surface area (Å²) in [6, 6.07) is 7.34.